The topological polar surface area (TPSA) is 107 Å². The lowest BCUT2D eigenvalue weighted by molar-refractivity contribution is 0.219. The predicted octanol–water partition coefficient (Wildman–Crippen LogP) is 7.70. The Bertz CT molecular complexity index is 1650. The van der Waals surface area contributed by atoms with Gasteiger partial charge in [-0.1, -0.05) is 83.5 Å². The van der Waals surface area contributed by atoms with Crippen LogP contribution in [0.5, 0.6) is 0 Å². The molecule has 2 unspecified atom stereocenters. The van der Waals surface area contributed by atoms with Crippen LogP contribution in [0.4, 0.5) is 11.4 Å². The van der Waals surface area contributed by atoms with Crippen molar-refractivity contribution in [3.8, 4) is 12.1 Å². The van der Waals surface area contributed by atoms with Crippen molar-refractivity contribution in [3.05, 3.63) is 57.1 Å². The van der Waals surface area contributed by atoms with E-state index in [4.69, 9.17) is 8.85 Å². The van der Waals surface area contributed by atoms with Crippen molar-refractivity contribution in [1.82, 2.24) is 0 Å². The highest BCUT2D eigenvalue weighted by molar-refractivity contribution is 9.10. The van der Waals surface area contributed by atoms with Crippen LogP contribution >= 0.6 is 15.9 Å². The quantitative estimate of drug-likeness (QED) is 0.179. The van der Waals surface area contributed by atoms with E-state index in [0.717, 1.165) is 39.3 Å². The summed E-state index contributed by atoms with van der Waals surface area (Å²) in [6.45, 7) is 29.0. The number of carbonyl (C=O) groups excluding carboxylic acids is 2. The van der Waals surface area contributed by atoms with Gasteiger partial charge in [0.15, 0.2) is 16.6 Å². The van der Waals surface area contributed by atoms with E-state index in [1.54, 1.807) is 12.1 Å². The summed E-state index contributed by atoms with van der Waals surface area (Å²) in [4.78, 5) is 25.9. The largest absolute Gasteiger partial charge is 0.416 e. The average Bonchev–Trinajstić information content (AvgIpc) is 3.45. The Morgan fingerprint density at radius 1 is 0.796 bits per heavy atom. The van der Waals surface area contributed by atoms with Crippen LogP contribution in [0.25, 0.3) is 0 Å². The number of nitrogens with zero attached hydrogens (tertiary/aromatic N) is 4. The third kappa shape index (κ3) is 8.62. The van der Waals surface area contributed by atoms with Crippen molar-refractivity contribution in [2.24, 2.45) is 0 Å². The number of anilines is 2. The first-order valence-corrected chi connectivity index (χ1v) is 23.3. The Hall–Kier alpha value is -2.68. The van der Waals surface area contributed by atoms with Crippen molar-refractivity contribution < 1.29 is 18.4 Å². The van der Waals surface area contributed by atoms with E-state index in [-0.39, 0.29) is 20.9 Å². The molecular weight excluding hydrogens is 710 g/mol. The highest BCUT2D eigenvalue weighted by Crippen LogP contribution is 2.47. The molecule has 260 valence electrons. The molecule has 0 bridgehead atoms. The third-order valence-electron chi connectivity index (χ3n) is 10.9. The molecule has 49 heavy (non-hydrogen) atoms. The lowest BCUT2D eigenvalue weighted by Crippen LogP contribution is -2.46. The number of halogens is 1. The summed E-state index contributed by atoms with van der Waals surface area (Å²) in [5, 5.41) is 19.2. The minimum atomic E-state index is -1.89. The molecule has 0 aliphatic carbocycles. The van der Waals surface area contributed by atoms with Gasteiger partial charge < -0.3 is 28.1 Å². The lowest BCUT2D eigenvalue weighted by Gasteiger charge is -2.39. The Balaban J connectivity index is 0.000000266. The summed E-state index contributed by atoms with van der Waals surface area (Å²) in [5.41, 5.74) is 4.44. The van der Waals surface area contributed by atoms with E-state index in [0.29, 0.717) is 37.4 Å². The number of hydrogen-bond acceptors (Lipinski definition) is 8. The molecule has 8 nitrogen and oxygen atoms in total. The molecule has 0 spiro atoms. The van der Waals surface area contributed by atoms with Crippen LogP contribution in [0.15, 0.2) is 34.8 Å². The summed E-state index contributed by atoms with van der Waals surface area (Å²) in [5.74, 6) is 0. The maximum Gasteiger partial charge on any atom is 0.329 e. The molecule has 0 fully saturated rings. The molecule has 0 aromatic heterocycles. The van der Waals surface area contributed by atoms with Gasteiger partial charge in [-0.15, -0.1) is 0 Å². The zero-order chi connectivity index (χ0) is 37.2. The van der Waals surface area contributed by atoms with Crippen LogP contribution in [0, 0.1) is 22.7 Å². The van der Waals surface area contributed by atoms with Crippen LogP contribution in [0.2, 0.25) is 36.3 Å². The molecule has 13 heteroatoms. The van der Waals surface area contributed by atoms with Crippen LogP contribution in [-0.2, 0) is 29.3 Å². The smallest absolute Gasteiger partial charge is 0.329 e. The normalized spacial score (nSPS) is 20.3. The van der Waals surface area contributed by atoms with E-state index in [1.165, 1.54) is 14.8 Å². The molecule has 0 amide bonds. The van der Waals surface area contributed by atoms with E-state index >= 15 is 0 Å². The number of carbonyl (C=O) groups is 2. The number of rotatable bonds is 10. The summed E-state index contributed by atoms with van der Waals surface area (Å²) >= 11 is 3.51. The van der Waals surface area contributed by atoms with Gasteiger partial charge in [0.05, 0.1) is 11.1 Å². The standard InChI is InChI=1S/C18H25BBrN2O2Si.C18H26BN2O2Si/c1-17(2,3)25(5,6)24-11-18(4)10-22(19-12-23)16-13(9-21)7-14(20)8-15(16)18;1-17(2,3)24(5,6)23-12-18(4)11-21(19-13-22)16-14(10-20)8-7-9-15(16)18/h7-8,12H,10-11H2,1-6H3;7-9,13H,11-12H2,1-6H3. The fraction of sp³-hybridized carbons (Fsp3) is 0.556. The van der Waals surface area contributed by atoms with Gasteiger partial charge in [-0.05, 0) is 65.6 Å². The Labute approximate surface area is 306 Å². The van der Waals surface area contributed by atoms with E-state index in [1.807, 2.05) is 27.8 Å². The van der Waals surface area contributed by atoms with E-state index in [9.17, 15) is 20.1 Å². The SMILES string of the molecule is CC1(CO[Si](C)(C)C(C)(C)C)CN([B]C=O)c2c(C#N)cc(Br)cc21.CC1(CO[Si](C)(C)C(C)(C)C)CN([B]C=O)c2c(C#N)cccc21. The monoisotopic (exact) mass is 760 g/mol. The average molecular weight is 762 g/mol. The minimum Gasteiger partial charge on any atom is -0.416 e. The van der Waals surface area contributed by atoms with Crippen LogP contribution < -0.4 is 9.62 Å². The predicted molar refractivity (Wildman–Crippen MR) is 211 cm³/mol. The van der Waals surface area contributed by atoms with Crippen molar-refractivity contribution in [3.63, 3.8) is 0 Å². The molecular formula is C36H51B2BrN4O4Si2. The van der Waals surface area contributed by atoms with Crippen LogP contribution in [0.3, 0.4) is 0 Å². The number of para-hydroxylation sites is 1. The molecule has 0 saturated heterocycles. The van der Waals surface area contributed by atoms with Crippen LogP contribution in [-0.4, -0.2) is 70.1 Å². The maximum absolute atomic E-state index is 11.1. The fourth-order valence-electron chi connectivity index (χ4n) is 5.73. The molecule has 2 aliphatic rings. The third-order valence-corrected chi connectivity index (χ3v) is 20.3. The summed E-state index contributed by atoms with van der Waals surface area (Å²) in [7, 11) is -0.742. The van der Waals surface area contributed by atoms with Gasteiger partial charge in [-0.2, -0.15) is 10.5 Å². The number of benzene rings is 2. The molecule has 0 saturated carbocycles. The summed E-state index contributed by atoms with van der Waals surface area (Å²) in [6, 6.07) is 14.1. The van der Waals surface area contributed by atoms with Gasteiger partial charge in [0.2, 0.25) is 0 Å². The van der Waals surface area contributed by atoms with Gasteiger partial charge in [-0.25, -0.2) is 0 Å². The van der Waals surface area contributed by atoms with E-state index < -0.39 is 16.6 Å². The number of nitriles is 2. The molecule has 2 heterocycles. The van der Waals surface area contributed by atoms with Gasteiger partial charge in [0.25, 0.3) is 0 Å². The first-order valence-electron chi connectivity index (χ1n) is 16.7. The number of hydrogen-bond donors (Lipinski definition) is 0. The maximum atomic E-state index is 11.1. The molecule has 2 aromatic carbocycles. The molecule has 2 radical (unpaired) electrons. The fourth-order valence-corrected chi connectivity index (χ4v) is 8.41. The Morgan fingerprint density at radius 2 is 1.22 bits per heavy atom. The first-order chi connectivity index (χ1) is 22.5. The Kier molecular flexibility index (Phi) is 12.4. The van der Waals surface area contributed by atoms with Crippen molar-refractivity contribution in [2.45, 2.75) is 102 Å². The minimum absolute atomic E-state index is 0.133. The highest BCUT2D eigenvalue weighted by atomic mass is 79.9. The van der Waals surface area contributed by atoms with E-state index in [2.05, 4.69) is 110 Å². The van der Waals surface area contributed by atoms with Gasteiger partial charge in [0.1, 0.15) is 24.5 Å². The number of fused-ring (bicyclic) bond motifs is 2. The second kappa shape index (κ2) is 14.9. The Morgan fingerprint density at radius 3 is 1.63 bits per heavy atom. The van der Waals surface area contributed by atoms with Crippen molar-refractivity contribution in [1.29, 1.82) is 10.5 Å². The zero-order valence-corrected chi connectivity index (χ0v) is 34.9. The summed E-state index contributed by atoms with van der Waals surface area (Å²) < 4.78 is 13.8. The molecule has 0 N–H and O–H groups in total. The summed E-state index contributed by atoms with van der Waals surface area (Å²) in [6.07, 6.45) is 1.55. The van der Waals surface area contributed by atoms with Crippen LogP contribution in [0.1, 0.15) is 77.6 Å². The molecule has 4 rings (SSSR count). The lowest BCUT2D eigenvalue weighted by atomic mass is 9.84. The molecule has 2 atom stereocenters. The molecule has 2 aliphatic heterocycles. The van der Waals surface area contributed by atoms with Gasteiger partial charge in [0, 0.05) is 53.0 Å². The molecule has 2 aromatic rings. The van der Waals surface area contributed by atoms with Crippen molar-refractivity contribution >= 4 is 71.1 Å². The van der Waals surface area contributed by atoms with Gasteiger partial charge >= 0.3 is 14.8 Å². The zero-order valence-electron chi connectivity index (χ0n) is 31.3. The van der Waals surface area contributed by atoms with Crippen molar-refractivity contribution in [2.75, 3.05) is 35.9 Å². The highest BCUT2D eigenvalue weighted by Gasteiger charge is 2.46. The second-order valence-corrected chi connectivity index (χ2v) is 27.4. The first kappa shape index (κ1) is 40.8. The van der Waals surface area contributed by atoms with Gasteiger partial charge in [-0.3, -0.25) is 0 Å². The second-order valence-electron chi connectivity index (χ2n) is 16.8.